The molecule has 0 aliphatic rings. The Balaban J connectivity index is 1.88. The number of aliphatic hydroxyl groups excluding tert-OH is 1. The number of nitrogens with one attached hydrogen (secondary N) is 1. The molecule has 3 rings (SSSR count). The molecule has 2 aromatic carbocycles. The fourth-order valence-corrected chi connectivity index (χ4v) is 3.74. The van der Waals surface area contributed by atoms with Crippen molar-refractivity contribution < 1.29 is 27.8 Å². The number of hydrogen-bond donors (Lipinski definition) is 2. The first kappa shape index (κ1) is 22.7. The topological polar surface area (TPSA) is 115 Å². The van der Waals surface area contributed by atoms with Crippen LogP contribution in [0.4, 0.5) is 5.82 Å². The van der Waals surface area contributed by atoms with Crippen LogP contribution in [0.1, 0.15) is 22.2 Å². The van der Waals surface area contributed by atoms with E-state index in [1.165, 1.54) is 41.9 Å². The van der Waals surface area contributed by atoms with Gasteiger partial charge in [0.05, 0.1) is 11.5 Å². The number of anilines is 1. The lowest BCUT2D eigenvalue weighted by Crippen LogP contribution is -2.17. The van der Waals surface area contributed by atoms with Gasteiger partial charge in [-0.1, -0.05) is 0 Å². The first-order valence-corrected chi connectivity index (χ1v) is 12.0. The Morgan fingerprint density at radius 2 is 1.81 bits per heavy atom. The third-order valence-electron chi connectivity index (χ3n) is 4.09. The van der Waals surface area contributed by atoms with Gasteiger partial charge in [0.15, 0.2) is 9.84 Å². The Morgan fingerprint density at radius 1 is 1.13 bits per heavy atom. The summed E-state index contributed by atoms with van der Waals surface area (Å²) in [4.78, 5) is 13.9. The molecule has 0 saturated heterocycles. The minimum Gasteiger partial charge on any atom is -0.488 e. The van der Waals surface area contributed by atoms with Gasteiger partial charge < -0.3 is 19.9 Å². The molecule has 164 valence electrons. The molecule has 0 aliphatic carbocycles. The summed E-state index contributed by atoms with van der Waals surface area (Å²) in [6, 6.07) is 12.4. The fourth-order valence-electron chi connectivity index (χ4n) is 2.60. The molecule has 0 unspecified atom stereocenters. The van der Waals surface area contributed by atoms with Gasteiger partial charge in [0.2, 0.25) is 0 Å². The number of aromatic nitrogens is 1. The van der Waals surface area contributed by atoms with Gasteiger partial charge in [0.25, 0.3) is 5.91 Å². The van der Waals surface area contributed by atoms with Gasteiger partial charge in [-0.3, -0.25) is 4.79 Å². The Hall–Kier alpha value is -2.95. The largest absolute Gasteiger partial charge is 0.488 e. The standard InChI is InChI=1S/C21H22N2O6S2/c1-13(12-24)28-17-9-15(21(25)22-20-8-14(2)30-23-20)10-18(11-17)29-16-4-6-19(7-5-16)31(3,26)27/h4-11,13,24H,12H2,1-3H3,(H,22,23,25)/t13-/m0/s1. The molecule has 0 spiro atoms. The maximum absolute atomic E-state index is 12.7. The predicted octanol–water partition coefficient (Wildman–Crippen LogP) is 3.66. The quantitative estimate of drug-likeness (QED) is 0.525. The van der Waals surface area contributed by atoms with Gasteiger partial charge in [0, 0.05) is 22.8 Å². The van der Waals surface area contributed by atoms with Gasteiger partial charge >= 0.3 is 0 Å². The van der Waals surface area contributed by atoms with Crippen LogP contribution in [0.2, 0.25) is 0 Å². The molecule has 1 aromatic heterocycles. The molecule has 0 radical (unpaired) electrons. The second kappa shape index (κ2) is 9.46. The van der Waals surface area contributed by atoms with Gasteiger partial charge in [-0.25, -0.2) is 8.42 Å². The van der Waals surface area contributed by atoms with Crippen molar-refractivity contribution in [3.8, 4) is 17.2 Å². The minimum atomic E-state index is -3.32. The second-order valence-electron chi connectivity index (χ2n) is 6.93. The molecule has 0 aliphatic heterocycles. The summed E-state index contributed by atoms with van der Waals surface area (Å²) in [6.45, 7) is 3.38. The van der Waals surface area contributed by atoms with Crippen LogP contribution in [0.3, 0.4) is 0 Å². The van der Waals surface area contributed by atoms with Crippen LogP contribution in [-0.4, -0.2) is 42.8 Å². The van der Waals surface area contributed by atoms with Crippen molar-refractivity contribution >= 4 is 33.1 Å². The molecule has 0 fully saturated rings. The zero-order valence-electron chi connectivity index (χ0n) is 17.2. The van der Waals surface area contributed by atoms with Crippen LogP contribution in [0.25, 0.3) is 0 Å². The summed E-state index contributed by atoms with van der Waals surface area (Å²) in [5, 5.41) is 12.0. The van der Waals surface area contributed by atoms with Crippen molar-refractivity contribution in [2.45, 2.75) is 24.8 Å². The molecule has 31 heavy (non-hydrogen) atoms. The average molecular weight is 463 g/mol. The molecule has 0 bridgehead atoms. The first-order chi connectivity index (χ1) is 14.6. The van der Waals surface area contributed by atoms with Crippen LogP contribution in [-0.2, 0) is 9.84 Å². The van der Waals surface area contributed by atoms with Crippen molar-refractivity contribution in [3.63, 3.8) is 0 Å². The number of sulfone groups is 1. The Kier molecular flexibility index (Phi) is 6.94. The third kappa shape index (κ3) is 6.27. The van der Waals surface area contributed by atoms with Crippen LogP contribution in [0.15, 0.2) is 53.4 Å². The summed E-state index contributed by atoms with van der Waals surface area (Å²) in [5.41, 5.74) is 0.274. The Labute approximate surface area is 184 Å². The highest BCUT2D eigenvalue weighted by Crippen LogP contribution is 2.29. The molecule has 1 amide bonds. The average Bonchev–Trinajstić information content (AvgIpc) is 3.12. The van der Waals surface area contributed by atoms with E-state index in [4.69, 9.17) is 9.47 Å². The van der Waals surface area contributed by atoms with Crippen LogP contribution in [0, 0.1) is 6.92 Å². The van der Waals surface area contributed by atoms with Crippen LogP contribution < -0.4 is 14.8 Å². The van der Waals surface area contributed by atoms with E-state index in [2.05, 4.69) is 9.69 Å². The number of hydrogen-bond acceptors (Lipinski definition) is 8. The highest BCUT2D eigenvalue weighted by atomic mass is 32.2. The molecular weight excluding hydrogens is 440 g/mol. The number of carbonyl (C=O) groups is 1. The van der Waals surface area contributed by atoms with Crippen molar-refractivity contribution in [1.82, 2.24) is 4.37 Å². The lowest BCUT2D eigenvalue weighted by atomic mass is 10.2. The number of ether oxygens (including phenoxy) is 2. The van der Waals surface area contributed by atoms with Crippen LogP contribution in [0.5, 0.6) is 17.2 Å². The summed E-state index contributed by atoms with van der Waals surface area (Å²) in [5.74, 6) is 1.09. The SMILES string of the molecule is Cc1cc(NC(=O)c2cc(Oc3ccc(S(C)(=O)=O)cc3)cc(O[C@@H](C)CO)c2)ns1. The minimum absolute atomic E-state index is 0.173. The summed E-state index contributed by atoms with van der Waals surface area (Å²) >= 11 is 1.28. The molecule has 1 atom stereocenters. The number of aliphatic hydroxyl groups is 1. The van der Waals surface area contributed by atoms with E-state index in [9.17, 15) is 18.3 Å². The molecule has 8 nitrogen and oxygen atoms in total. The van der Waals surface area contributed by atoms with Crippen molar-refractivity contribution in [2.24, 2.45) is 0 Å². The number of aryl methyl sites for hydroxylation is 1. The monoisotopic (exact) mass is 462 g/mol. The maximum atomic E-state index is 12.7. The highest BCUT2D eigenvalue weighted by molar-refractivity contribution is 7.90. The van der Waals surface area contributed by atoms with Crippen molar-refractivity contribution in [3.05, 3.63) is 59.0 Å². The summed E-state index contributed by atoms with van der Waals surface area (Å²) < 4.78 is 38.9. The number of rotatable bonds is 8. The Bertz CT molecular complexity index is 1170. The number of amides is 1. The zero-order valence-corrected chi connectivity index (χ0v) is 18.8. The molecule has 10 heteroatoms. The normalized spacial score (nSPS) is 12.3. The van der Waals surface area contributed by atoms with E-state index in [0.717, 1.165) is 11.1 Å². The zero-order chi connectivity index (χ0) is 22.6. The van der Waals surface area contributed by atoms with E-state index < -0.39 is 21.8 Å². The molecular formula is C21H22N2O6S2. The number of carbonyl (C=O) groups excluding carboxylic acids is 1. The van der Waals surface area contributed by atoms with Crippen molar-refractivity contribution in [1.29, 1.82) is 0 Å². The third-order valence-corrected chi connectivity index (χ3v) is 5.92. The summed E-state index contributed by atoms with van der Waals surface area (Å²) in [6.07, 6.45) is 0.641. The van der Waals surface area contributed by atoms with Gasteiger partial charge in [0.1, 0.15) is 29.2 Å². The molecule has 3 aromatic rings. The van der Waals surface area contributed by atoms with Gasteiger partial charge in [-0.15, -0.1) is 0 Å². The van der Waals surface area contributed by atoms with Crippen molar-refractivity contribution in [2.75, 3.05) is 18.2 Å². The lowest BCUT2D eigenvalue weighted by molar-refractivity contribution is 0.102. The molecule has 0 saturated carbocycles. The highest BCUT2D eigenvalue weighted by Gasteiger charge is 2.14. The predicted molar refractivity (Wildman–Crippen MR) is 118 cm³/mol. The second-order valence-corrected chi connectivity index (χ2v) is 9.95. The van der Waals surface area contributed by atoms with Gasteiger partial charge in [-0.05, 0) is 67.8 Å². The van der Waals surface area contributed by atoms with E-state index in [1.54, 1.807) is 25.1 Å². The Morgan fingerprint density at radius 3 is 2.39 bits per heavy atom. The number of benzene rings is 2. The lowest BCUT2D eigenvalue weighted by Gasteiger charge is -2.15. The van der Waals surface area contributed by atoms with E-state index in [-0.39, 0.29) is 17.1 Å². The van der Waals surface area contributed by atoms with E-state index in [1.807, 2.05) is 6.92 Å². The fraction of sp³-hybridized carbons (Fsp3) is 0.238. The maximum Gasteiger partial charge on any atom is 0.257 e. The molecule has 2 N–H and O–H groups in total. The smallest absolute Gasteiger partial charge is 0.257 e. The van der Waals surface area contributed by atoms with Gasteiger partial charge in [-0.2, -0.15) is 4.37 Å². The summed E-state index contributed by atoms with van der Waals surface area (Å²) in [7, 11) is -3.32. The number of nitrogens with zero attached hydrogens (tertiary/aromatic N) is 1. The first-order valence-electron chi connectivity index (χ1n) is 9.29. The van der Waals surface area contributed by atoms with Crippen LogP contribution >= 0.6 is 11.5 Å². The molecule has 1 heterocycles. The van der Waals surface area contributed by atoms with E-state index in [0.29, 0.717) is 23.1 Å². The van der Waals surface area contributed by atoms with E-state index >= 15 is 0 Å².